The molecule has 0 radical (unpaired) electrons. The van der Waals surface area contributed by atoms with Crippen molar-refractivity contribution < 1.29 is 19.1 Å². The first-order valence-corrected chi connectivity index (χ1v) is 10.5. The Kier molecular flexibility index (Phi) is 7.89. The number of benzene rings is 1. The maximum Gasteiger partial charge on any atom is 0.409 e. The van der Waals surface area contributed by atoms with Gasteiger partial charge in [-0.15, -0.1) is 0 Å². The predicted molar refractivity (Wildman–Crippen MR) is 114 cm³/mol. The second-order valence-electron chi connectivity index (χ2n) is 7.50. The molecule has 164 valence electrons. The first-order chi connectivity index (χ1) is 14.5. The molecule has 4 N–H and O–H groups in total. The molecule has 0 spiro atoms. The highest BCUT2D eigenvalue weighted by Gasteiger charge is 2.24. The number of hydrogen-bond acceptors (Lipinski definition) is 5. The number of nitrogens with one attached hydrogen (secondary N) is 2. The van der Waals surface area contributed by atoms with Gasteiger partial charge in [0.05, 0.1) is 13.2 Å². The number of piperidine rings is 1. The van der Waals surface area contributed by atoms with E-state index in [4.69, 9.17) is 15.2 Å². The van der Waals surface area contributed by atoms with Gasteiger partial charge in [-0.1, -0.05) is 12.1 Å². The summed E-state index contributed by atoms with van der Waals surface area (Å²) in [5.74, 6) is 0.266. The average Bonchev–Trinajstić information content (AvgIpc) is 3.28. The number of aliphatic imine (C=N–C) groups is 1. The van der Waals surface area contributed by atoms with E-state index in [1.54, 1.807) is 11.8 Å². The maximum absolute atomic E-state index is 12.2. The molecular weight excluding hydrogens is 386 g/mol. The Balaban J connectivity index is 1.45. The second kappa shape index (κ2) is 10.8. The first-order valence-electron chi connectivity index (χ1n) is 10.5. The van der Waals surface area contributed by atoms with E-state index in [2.05, 4.69) is 15.6 Å². The highest BCUT2D eigenvalue weighted by molar-refractivity contribution is 5.94. The van der Waals surface area contributed by atoms with Crippen molar-refractivity contribution in [1.82, 2.24) is 10.2 Å². The Morgan fingerprint density at radius 2 is 2.10 bits per heavy atom. The van der Waals surface area contributed by atoms with Crippen molar-refractivity contribution in [1.29, 1.82) is 0 Å². The Morgan fingerprint density at radius 1 is 1.30 bits per heavy atom. The molecule has 2 fully saturated rings. The minimum Gasteiger partial charge on any atom is -0.450 e. The van der Waals surface area contributed by atoms with Crippen LogP contribution in [-0.4, -0.2) is 61.3 Å². The molecule has 3 rings (SSSR count). The third kappa shape index (κ3) is 6.35. The van der Waals surface area contributed by atoms with Crippen LogP contribution in [0, 0.1) is 0 Å². The molecule has 1 atom stereocenters. The van der Waals surface area contributed by atoms with E-state index in [1.165, 1.54) is 0 Å². The summed E-state index contributed by atoms with van der Waals surface area (Å²) in [4.78, 5) is 30.1. The van der Waals surface area contributed by atoms with E-state index >= 15 is 0 Å². The Labute approximate surface area is 177 Å². The van der Waals surface area contributed by atoms with Gasteiger partial charge in [0.1, 0.15) is 6.10 Å². The van der Waals surface area contributed by atoms with Gasteiger partial charge in [0, 0.05) is 31.4 Å². The second-order valence-corrected chi connectivity index (χ2v) is 7.50. The van der Waals surface area contributed by atoms with Crippen molar-refractivity contribution in [3.8, 4) is 0 Å². The van der Waals surface area contributed by atoms with E-state index < -0.39 is 0 Å². The monoisotopic (exact) mass is 417 g/mol. The number of anilines is 1. The van der Waals surface area contributed by atoms with Crippen molar-refractivity contribution in [2.24, 2.45) is 10.7 Å². The highest BCUT2D eigenvalue weighted by Crippen LogP contribution is 2.17. The van der Waals surface area contributed by atoms with E-state index in [9.17, 15) is 9.59 Å². The molecular formula is C21H31N5O4. The lowest BCUT2D eigenvalue weighted by Crippen LogP contribution is -2.48. The molecule has 2 aliphatic rings. The van der Waals surface area contributed by atoms with E-state index in [1.807, 2.05) is 24.3 Å². The average molecular weight is 418 g/mol. The van der Waals surface area contributed by atoms with Crippen LogP contribution in [0.4, 0.5) is 10.5 Å². The fourth-order valence-electron chi connectivity index (χ4n) is 3.61. The van der Waals surface area contributed by atoms with Gasteiger partial charge in [0.25, 0.3) is 5.91 Å². The third-order valence-electron chi connectivity index (χ3n) is 5.22. The molecule has 1 unspecified atom stereocenters. The number of amides is 2. The van der Waals surface area contributed by atoms with Crippen molar-refractivity contribution in [3.05, 3.63) is 29.8 Å². The number of carbonyl (C=O) groups excluding carboxylic acids is 2. The molecule has 0 aromatic heterocycles. The van der Waals surface area contributed by atoms with Gasteiger partial charge in [0.2, 0.25) is 0 Å². The number of carbonyl (C=O) groups is 2. The Morgan fingerprint density at radius 3 is 2.80 bits per heavy atom. The molecule has 1 aromatic rings. The smallest absolute Gasteiger partial charge is 0.409 e. The minimum atomic E-state index is -0.359. The van der Waals surface area contributed by atoms with Gasteiger partial charge >= 0.3 is 6.09 Å². The Bertz CT molecular complexity index is 756. The number of hydrogen-bond donors (Lipinski definition) is 3. The lowest BCUT2D eigenvalue weighted by Gasteiger charge is -2.31. The van der Waals surface area contributed by atoms with E-state index in [0.717, 1.165) is 36.9 Å². The zero-order valence-electron chi connectivity index (χ0n) is 17.4. The van der Waals surface area contributed by atoms with Crippen LogP contribution >= 0.6 is 0 Å². The van der Waals surface area contributed by atoms with Gasteiger partial charge in [-0.25, -0.2) is 9.79 Å². The normalized spacial score (nSPS) is 20.1. The van der Waals surface area contributed by atoms with Crippen LogP contribution in [0.25, 0.3) is 0 Å². The summed E-state index contributed by atoms with van der Waals surface area (Å²) < 4.78 is 10.4. The fraction of sp³-hybridized carbons (Fsp3) is 0.571. The lowest BCUT2D eigenvalue weighted by molar-refractivity contribution is -0.124. The molecule has 0 aliphatic carbocycles. The van der Waals surface area contributed by atoms with Crippen molar-refractivity contribution in [2.75, 3.05) is 31.6 Å². The summed E-state index contributed by atoms with van der Waals surface area (Å²) in [5, 5.41) is 6.13. The third-order valence-corrected chi connectivity index (χ3v) is 5.22. The quantitative estimate of drug-likeness (QED) is 0.480. The van der Waals surface area contributed by atoms with Gasteiger partial charge in [-0.05, 0) is 50.3 Å². The van der Waals surface area contributed by atoms with Crippen LogP contribution in [0.1, 0.15) is 38.2 Å². The number of nitrogens with zero attached hydrogens (tertiary/aromatic N) is 2. The zero-order chi connectivity index (χ0) is 21.3. The van der Waals surface area contributed by atoms with Crippen LogP contribution in [0.5, 0.6) is 0 Å². The molecule has 0 saturated carbocycles. The largest absolute Gasteiger partial charge is 0.450 e. The van der Waals surface area contributed by atoms with E-state index in [-0.39, 0.29) is 24.1 Å². The SMILES string of the molecule is CCOC(=O)N1CCC(NC(N)=NCc2cccc(NC(=O)C3CCCO3)c2)CC1. The molecule has 9 nitrogen and oxygen atoms in total. The summed E-state index contributed by atoms with van der Waals surface area (Å²) >= 11 is 0. The zero-order valence-corrected chi connectivity index (χ0v) is 17.4. The Hall–Kier alpha value is -2.81. The van der Waals surface area contributed by atoms with Gasteiger partial charge in [0.15, 0.2) is 5.96 Å². The number of ether oxygens (including phenoxy) is 2. The first kappa shape index (κ1) is 21.9. The molecule has 2 aliphatic heterocycles. The topological polar surface area (TPSA) is 118 Å². The van der Waals surface area contributed by atoms with Crippen LogP contribution in [-0.2, 0) is 20.8 Å². The number of likely N-dealkylation sites (tertiary alicyclic amines) is 1. The molecule has 2 heterocycles. The summed E-state index contributed by atoms with van der Waals surface area (Å²) in [6.45, 7) is 4.50. The standard InChI is InChI=1S/C21H31N5O4/c1-2-29-21(28)26-10-8-16(9-11-26)25-20(22)23-14-15-5-3-6-17(13-15)24-19(27)18-7-4-12-30-18/h3,5-6,13,16,18H,2,4,7-12,14H2,1H3,(H,24,27)(H3,22,23,25). The fourth-order valence-corrected chi connectivity index (χ4v) is 3.61. The minimum absolute atomic E-state index is 0.108. The van der Waals surface area contributed by atoms with Crippen molar-refractivity contribution in [2.45, 2.75) is 51.3 Å². The number of nitrogens with two attached hydrogens (primary N) is 1. The number of guanidine groups is 1. The van der Waals surface area contributed by atoms with Gasteiger partial charge in [-0.3, -0.25) is 4.79 Å². The summed E-state index contributed by atoms with van der Waals surface area (Å²) in [6, 6.07) is 7.73. The summed E-state index contributed by atoms with van der Waals surface area (Å²) in [6.07, 6.45) is 2.64. The van der Waals surface area contributed by atoms with Gasteiger partial charge < -0.3 is 30.7 Å². The molecule has 30 heavy (non-hydrogen) atoms. The summed E-state index contributed by atoms with van der Waals surface area (Å²) in [5.41, 5.74) is 7.71. The predicted octanol–water partition coefficient (Wildman–Crippen LogP) is 1.83. The van der Waals surface area contributed by atoms with Crippen LogP contribution < -0.4 is 16.4 Å². The van der Waals surface area contributed by atoms with Crippen molar-refractivity contribution in [3.63, 3.8) is 0 Å². The van der Waals surface area contributed by atoms with E-state index in [0.29, 0.717) is 38.8 Å². The van der Waals surface area contributed by atoms with Crippen LogP contribution in [0.2, 0.25) is 0 Å². The maximum atomic E-state index is 12.2. The van der Waals surface area contributed by atoms with Crippen LogP contribution in [0.3, 0.4) is 0 Å². The molecule has 2 amide bonds. The van der Waals surface area contributed by atoms with Gasteiger partial charge in [-0.2, -0.15) is 0 Å². The number of rotatable bonds is 6. The molecule has 0 bridgehead atoms. The molecule has 9 heteroatoms. The van der Waals surface area contributed by atoms with Crippen molar-refractivity contribution >= 4 is 23.6 Å². The lowest BCUT2D eigenvalue weighted by atomic mass is 10.1. The van der Waals surface area contributed by atoms with Crippen LogP contribution in [0.15, 0.2) is 29.3 Å². The molecule has 1 aromatic carbocycles. The molecule has 2 saturated heterocycles. The summed E-state index contributed by atoms with van der Waals surface area (Å²) in [7, 11) is 0. The highest BCUT2D eigenvalue weighted by atomic mass is 16.6.